The molecule has 0 aliphatic heterocycles. The summed E-state index contributed by atoms with van der Waals surface area (Å²) >= 11 is 0. The van der Waals surface area contributed by atoms with E-state index in [0.717, 1.165) is 0 Å². The molecule has 0 spiro atoms. The summed E-state index contributed by atoms with van der Waals surface area (Å²) in [6, 6.07) is 1.08. The zero-order valence-electron chi connectivity index (χ0n) is 6.67. The van der Waals surface area contributed by atoms with Gasteiger partial charge < -0.3 is 5.11 Å². The van der Waals surface area contributed by atoms with Gasteiger partial charge in [-0.1, -0.05) is 0 Å². The first-order chi connectivity index (χ1) is 6.29. The number of hydrogen-bond acceptors (Lipinski definition) is 3. The van der Waals surface area contributed by atoms with Crippen molar-refractivity contribution in [3.05, 3.63) is 29.3 Å². The smallest absolute Gasteiger partial charge is 0.237 e. The van der Waals surface area contributed by atoms with Gasteiger partial charge in [-0.2, -0.15) is 0 Å². The maximum absolute atomic E-state index is 12.9. The van der Waals surface area contributed by atoms with Crippen molar-refractivity contribution in [2.24, 2.45) is 0 Å². The monoisotopic (exact) mass is 242 g/mol. The number of hydrogen-bond donors (Lipinski definition) is 1. The van der Waals surface area contributed by atoms with E-state index in [1.807, 2.05) is 0 Å². The summed E-state index contributed by atoms with van der Waals surface area (Å²) in [5.74, 6) is -3.79. The molecule has 1 aromatic rings. The van der Waals surface area contributed by atoms with Crippen LogP contribution in [0.15, 0.2) is 12.1 Å². The van der Waals surface area contributed by atoms with Crippen LogP contribution in [0.3, 0.4) is 0 Å². The van der Waals surface area contributed by atoms with Gasteiger partial charge in [-0.15, -0.1) is 0 Å². The van der Waals surface area contributed by atoms with Gasteiger partial charge in [0.05, 0.1) is 5.75 Å². The molecule has 3 nitrogen and oxygen atoms in total. The third-order valence-electron chi connectivity index (χ3n) is 1.45. The van der Waals surface area contributed by atoms with Gasteiger partial charge in [-0.25, -0.2) is 17.2 Å². The zero-order chi connectivity index (χ0) is 10.9. The minimum Gasteiger partial charge on any atom is -0.507 e. The first kappa shape index (κ1) is 11.2. The molecule has 14 heavy (non-hydrogen) atoms. The van der Waals surface area contributed by atoms with Crippen LogP contribution in [0.1, 0.15) is 5.56 Å². The molecular formula is C7H5ClF2O3S. The molecule has 0 bridgehead atoms. The fraction of sp³-hybridized carbons (Fsp3) is 0.143. The quantitative estimate of drug-likeness (QED) is 0.804. The molecule has 0 saturated carbocycles. The van der Waals surface area contributed by atoms with Crippen LogP contribution in [0.4, 0.5) is 8.78 Å². The van der Waals surface area contributed by atoms with E-state index in [4.69, 9.17) is 15.8 Å². The van der Waals surface area contributed by atoms with E-state index in [2.05, 4.69) is 0 Å². The molecule has 1 aromatic carbocycles. The molecule has 0 aliphatic rings. The Balaban J connectivity index is 3.22. The highest BCUT2D eigenvalue weighted by Gasteiger charge is 2.16. The summed E-state index contributed by atoms with van der Waals surface area (Å²) in [4.78, 5) is 0. The van der Waals surface area contributed by atoms with E-state index in [1.54, 1.807) is 0 Å². The maximum Gasteiger partial charge on any atom is 0.237 e. The van der Waals surface area contributed by atoms with Crippen LogP contribution in [-0.2, 0) is 14.8 Å². The summed E-state index contributed by atoms with van der Waals surface area (Å²) in [5.41, 5.74) is -0.540. The van der Waals surface area contributed by atoms with Gasteiger partial charge in [0, 0.05) is 28.4 Å². The second-order valence-electron chi connectivity index (χ2n) is 2.57. The van der Waals surface area contributed by atoms with Crippen LogP contribution >= 0.6 is 10.7 Å². The van der Waals surface area contributed by atoms with Gasteiger partial charge in [0.2, 0.25) is 9.05 Å². The average Bonchev–Trinajstić information content (AvgIpc) is 1.95. The summed E-state index contributed by atoms with van der Waals surface area (Å²) < 4.78 is 46.5. The predicted octanol–water partition coefficient (Wildman–Crippen LogP) is 1.74. The fourth-order valence-electron chi connectivity index (χ4n) is 0.905. The van der Waals surface area contributed by atoms with Gasteiger partial charge >= 0.3 is 0 Å². The summed E-state index contributed by atoms with van der Waals surface area (Å²) in [7, 11) is 0.867. The predicted molar refractivity (Wildman–Crippen MR) is 46.5 cm³/mol. The van der Waals surface area contributed by atoms with Crippen LogP contribution < -0.4 is 0 Å². The standard InChI is InChI=1S/C7H5ClF2O3S/c8-14(12,13)3-5-6(10)1-4(9)2-7(5)11/h1-2,11H,3H2. The van der Waals surface area contributed by atoms with Crippen molar-refractivity contribution in [1.82, 2.24) is 0 Å². The second kappa shape index (κ2) is 3.70. The van der Waals surface area contributed by atoms with Gasteiger partial charge in [0.25, 0.3) is 0 Å². The molecule has 78 valence electrons. The molecule has 0 atom stereocenters. The lowest BCUT2D eigenvalue weighted by Crippen LogP contribution is -1.99. The summed E-state index contributed by atoms with van der Waals surface area (Å²) in [5, 5.41) is 9.03. The first-order valence-corrected chi connectivity index (χ1v) is 5.86. The van der Waals surface area contributed by atoms with Crippen molar-refractivity contribution >= 4 is 19.7 Å². The molecule has 0 aromatic heterocycles. The van der Waals surface area contributed by atoms with Crippen LogP contribution in [0.5, 0.6) is 5.75 Å². The molecule has 1 rings (SSSR count). The third kappa shape index (κ3) is 2.81. The molecule has 0 fully saturated rings. The molecule has 0 aliphatic carbocycles. The lowest BCUT2D eigenvalue weighted by molar-refractivity contribution is 0.452. The highest BCUT2D eigenvalue weighted by molar-refractivity contribution is 8.13. The van der Waals surface area contributed by atoms with Crippen LogP contribution in [-0.4, -0.2) is 13.5 Å². The van der Waals surface area contributed by atoms with E-state index in [-0.39, 0.29) is 0 Å². The summed E-state index contributed by atoms with van der Waals surface area (Å²) in [6.07, 6.45) is 0. The SMILES string of the molecule is O=S(=O)(Cl)Cc1c(O)cc(F)cc1F. The van der Waals surface area contributed by atoms with Crippen molar-refractivity contribution in [1.29, 1.82) is 0 Å². The lowest BCUT2D eigenvalue weighted by Gasteiger charge is -2.03. The Labute approximate surface area is 83.4 Å². The van der Waals surface area contributed by atoms with Crippen molar-refractivity contribution in [2.45, 2.75) is 5.75 Å². The van der Waals surface area contributed by atoms with Gasteiger partial charge in [0.15, 0.2) is 0 Å². The molecule has 0 amide bonds. The first-order valence-electron chi connectivity index (χ1n) is 3.39. The molecule has 0 radical (unpaired) electrons. The Hall–Kier alpha value is -0.880. The molecule has 0 heterocycles. The minimum atomic E-state index is -3.99. The van der Waals surface area contributed by atoms with Crippen LogP contribution in [0.2, 0.25) is 0 Å². The molecular weight excluding hydrogens is 238 g/mol. The van der Waals surface area contributed by atoms with Gasteiger partial charge in [-0.3, -0.25) is 0 Å². The summed E-state index contributed by atoms with van der Waals surface area (Å²) in [6.45, 7) is 0. The number of rotatable bonds is 2. The number of aromatic hydroxyl groups is 1. The van der Waals surface area contributed by atoms with Gasteiger partial charge in [0.1, 0.15) is 17.4 Å². The minimum absolute atomic E-state index is 0.469. The van der Waals surface area contributed by atoms with Crippen molar-refractivity contribution in [3.8, 4) is 5.75 Å². The van der Waals surface area contributed by atoms with E-state index < -0.39 is 37.8 Å². The van der Waals surface area contributed by atoms with E-state index in [1.165, 1.54) is 0 Å². The second-order valence-corrected chi connectivity index (χ2v) is 5.35. The third-order valence-corrected chi connectivity index (χ3v) is 2.41. The average molecular weight is 243 g/mol. The Morgan fingerprint density at radius 1 is 1.36 bits per heavy atom. The Bertz CT molecular complexity index is 435. The highest BCUT2D eigenvalue weighted by atomic mass is 35.7. The molecule has 1 N–H and O–H groups in total. The van der Waals surface area contributed by atoms with Gasteiger partial charge in [-0.05, 0) is 0 Å². The number of halogens is 3. The molecule has 0 unspecified atom stereocenters. The number of benzene rings is 1. The molecule has 0 saturated heterocycles. The topological polar surface area (TPSA) is 54.4 Å². The Kier molecular flexibility index (Phi) is 2.96. The lowest BCUT2D eigenvalue weighted by atomic mass is 10.2. The highest BCUT2D eigenvalue weighted by Crippen LogP contribution is 2.25. The Morgan fingerprint density at radius 3 is 2.36 bits per heavy atom. The van der Waals surface area contributed by atoms with E-state index >= 15 is 0 Å². The van der Waals surface area contributed by atoms with E-state index in [0.29, 0.717) is 12.1 Å². The fourth-order valence-corrected chi connectivity index (χ4v) is 1.86. The van der Waals surface area contributed by atoms with Crippen molar-refractivity contribution in [3.63, 3.8) is 0 Å². The van der Waals surface area contributed by atoms with Crippen LogP contribution in [0, 0.1) is 11.6 Å². The number of phenolic OH excluding ortho intramolecular Hbond substituents is 1. The van der Waals surface area contributed by atoms with Crippen LogP contribution in [0.25, 0.3) is 0 Å². The van der Waals surface area contributed by atoms with E-state index in [9.17, 15) is 17.2 Å². The Morgan fingerprint density at radius 2 is 1.93 bits per heavy atom. The largest absolute Gasteiger partial charge is 0.507 e. The number of phenols is 1. The zero-order valence-corrected chi connectivity index (χ0v) is 8.24. The maximum atomic E-state index is 12.9. The van der Waals surface area contributed by atoms with Crippen molar-refractivity contribution in [2.75, 3.05) is 0 Å². The van der Waals surface area contributed by atoms with Crippen molar-refractivity contribution < 1.29 is 22.3 Å². The normalized spacial score (nSPS) is 11.6. The molecule has 7 heteroatoms.